The molecule has 0 saturated carbocycles. The maximum absolute atomic E-state index is 12.0. The molecule has 0 amide bonds. The van der Waals surface area contributed by atoms with Crippen LogP contribution in [0.2, 0.25) is 0 Å². The van der Waals surface area contributed by atoms with Crippen LogP contribution >= 0.6 is 0 Å². The molecule has 16 heavy (non-hydrogen) atoms. The molecule has 0 aromatic carbocycles. The van der Waals surface area contributed by atoms with Crippen molar-refractivity contribution in [2.45, 2.75) is 39.2 Å². The van der Waals surface area contributed by atoms with Gasteiger partial charge in [-0.25, -0.2) is 4.72 Å². The third kappa shape index (κ3) is 3.16. The molecule has 3 N–H and O–H groups in total. The second-order valence-electron chi connectivity index (χ2n) is 4.43. The van der Waals surface area contributed by atoms with Crippen molar-refractivity contribution in [2.75, 3.05) is 19.6 Å². The zero-order chi connectivity index (χ0) is 12.2. The fourth-order valence-corrected chi connectivity index (χ4v) is 3.82. The summed E-state index contributed by atoms with van der Waals surface area (Å²) in [6.07, 6.45) is 2.78. The van der Waals surface area contributed by atoms with E-state index < -0.39 is 10.2 Å². The highest BCUT2D eigenvalue weighted by Crippen LogP contribution is 2.24. The molecule has 1 rings (SSSR count). The average molecular weight is 249 g/mol. The largest absolute Gasteiger partial charge is 0.329 e. The molecule has 0 aliphatic carbocycles. The molecular formula is C10H23N3O2S. The highest BCUT2D eigenvalue weighted by atomic mass is 32.2. The summed E-state index contributed by atoms with van der Waals surface area (Å²) in [5.74, 6) is 0.344. The predicted molar refractivity (Wildman–Crippen MR) is 65.2 cm³/mol. The standard InChI is InChI=1S/C10H23N3O2S/c1-3-6-12-16(14,15)13-7-4-5-9(2)10(13)8-11/h9-10,12H,3-8,11H2,1-2H3. The second kappa shape index (κ2) is 5.95. The van der Waals surface area contributed by atoms with Gasteiger partial charge in [-0.05, 0) is 25.2 Å². The molecule has 1 aliphatic rings. The molecule has 1 heterocycles. The molecule has 0 bridgehead atoms. The Hall–Kier alpha value is -0.170. The number of hydrogen-bond acceptors (Lipinski definition) is 3. The summed E-state index contributed by atoms with van der Waals surface area (Å²) < 4.78 is 28.2. The zero-order valence-corrected chi connectivity index (χ0v) is 11.0. The molecule has 6 heteroatoms. The molecule has 0 spiro atoms. The molecule has 1 aliphatic heterocycles. The van der Waals surface area contributed by atoms with Gasteiger partial charge in [-0.2, -0.15) is 12.7 Å². The van der Waals surface area contributed by atoms with Crippen LogP contribution in [0.4, 0.5) is 0 Å². The van der Waals surface area contributed by atoms with Gasteiger partial charge in [0.2, 0.25) is 0 Å². The van der Waals surface area contributed by atoms with Gasteiger partial charge in [0.05, 0.1) is 0 Å². The van der Waals surface area contributed by atoms with E-state index in [1.54, 1.807) is 0 Å². The van der Waals surface area contributed by atoms with E-state index in [4.69, 9.17) is 5.73 Å². The smallest absolute Gasteiger partial charge is 0.279 e. The van der Waals surface area contributed by atoms with Gasteiger partial charge in [-0.3, -0.25) is 0 Å². The van der Waals surface area contributed by atoms with Crippen molar-refractivity contribution in [3.63, 3.8) is 0 Å². The van der Waals surface area contributed by atoms with Crippen LogP contribution in [0.15, 0.2) is 0 Å². The van der Waals surface area contributed by atoms with Crippen LogP contribution in [0.5, 0.6) is 0 Å². The number of nitrogens with one attached hydrogen (secondary N) is 1. The summed E-state index contributed by atoms with van der Waals surface area (Å²) in [5.41, 5.74) is 5.68. The summed E-state index contributed by atoms with van der Waals surface area (Å²) >= 11 is 0. The first-order valence-corrected chi connectivity index (χ1v) is 7.43. The second-order valence-corrected chi connectivity index (χ2v) is 6.14. The SMILES string of the molecule is CCCNS(=O)(=O)N1CCCC(C)C1CN. The van der Waals surface area contributed by atoms with Gasteiger partial charge in [0.1, 0.15) is 0 Å². The number of rotatable bonds is 5. The van der Waals surface area contributed by atoms with Gasteiger partial charge < -0.3 is 5.73 Å². The topological polar surface area (TPSA) is 75.4 Å². The molecule has 2 atom stereocenters. The van der Waals surface area contributed by atoms with Crippen molar-refractivity contribution >= 4 is 10.2 Å². The molecule has 5 nitrogen and oxygen atoms in total. The van der Waals surface area contributed by atoms with Gasteiger partial charge in [0.15, 0.2) is 0 Å². The van der Waals surface area contributed by atoms with Crippen LogP contribution in [0.3, 0.4) is 0 Å². The normalized spacial score (nSPS) is 28.2. The highest BCUT2D eigenvalue weighted by molar-refractivity contribution is 7.87. The van der Waals surface area contributed by atoms with E-state index in [9.17, 15) is 8.42 Å². The van der Waals surface area contributed by atoms with Crippen molar-refractivity contribution in [2.24, 2.45) is 11.7 Å². The van der Waals surface area contributed by atoms with Crippen molar-refractivity contribution < 1.29 is 8.42 Å². The number of nitrogens with two attached hydrogens (primary N) is 1. The molecule has 96 valence electrons. The first-order valence-electron chi connectivity index (χ1n) is 5.99. The van der Waals surface area contributed by atoms with Crippen LogP contribution in [0.1, 0.15) is 33.1 Å². The van der Waals surface area contributed by atoms with E-state index in [1.165, 1.54) is 4.31 Å². The van der Waals surface area contributed by atoms with Gasteiger partial charge in [-0.1, -0.05) is 13.8 Å². The van der Waals surface area contributed by atoms with Gasteiger partial charge >= 0.3 is 0 Å². The molecule has 2 unspecified atom stereocenters. The number of piperidine rings is 1. The Morgan fingerprint density at radius 2 is 2.19 bits per heavy atom. The third-order valence-corrected chi connectivity index (χ3v) is 4.79. The summed E-state index contributed by atoms with van der Waals surface area (Å²) in [4.78, 5) is 0. The minimum Gasteiger partial charge on any atom is -0.329 e. The molecule has 0 aromatic rings. The van der Waals surface area contributed by atoms with Crippen LogP contribution in [0.25, 0.3) is 0 Å². The summed E-state index contributed by atoms with van der Waals surface area (Å²) in [5, 5.41) is 0. The van der Waals surface area contributed by atoms with E-state index >= 15 is 0 Å². The van der Waals surface area contributed by atoms with Crippen molar-refractivity contribution in [1.82, 2.24) is 9.03 Å². The van der Waals surface area contributed by atoms with Crippen molar-refractivity contribution in [1.29, 1.82) is 0 Å². The Labute approximate surface area is 98.6 Å². The Morgan fingerprint density at radius 3 is 2.75 bits per heavy atom. The Morgan fingerprint density at radius 1 is 1.50 bits per heavy atom. The molecule has 1 fully saturated rings. The third-order valence-electron chi connectivity index (χ3n) is 3.15. The van der Waals surface area contributed by atoms with Crippen LogP contribution in [-0.4, -0.2) is 38.4 Å². The Bertz CT molecular complexity index is 305. The summed E-state index contributed by atoms with van der Waals surface area (Å²) in [7, 11) is -3.34. The lowest BCUT2D eigenvalue weighted by Crippen LogP contribution is -2.54. The zero-order valence-electron chi connectivity index (χ0n) is 10.1. The molecular weight excluding hydrogens is 226 g/mol. The fraction of sp³-hybridized carbons (Fsp3) is 1.00. The van der Waals surface area contributed by atoms with E-state index in [2.05, 4.69) is 11.6 Å². The predicted octanol–water partition coefficient (Wildman–Crippen LogP) is 0.290. The number of hydrogen-bond donors (Lipinski definition) is 2. The van der Waals surface area contributed by atoms with Crippen molar-refractivity contribution in [3.05, 3.63) is 0 Å². The summed E-state index contributed by atoms with van der Waals surface area (Å²) in [6.45, 7) is 5.49. The van der Waals surface area contributed by atoms with E-state index in [1.807, 2.05) is 6.92 Å². The minimum absolute atomic E-state index is 0.0527. The maximum Gasteiger partial charge on any atom is 0.279 e. The number of nitrogens with zero attached hydrogens (tertiary/aromatic N) is 1. The van der Waals surface area contributed by atoms with Gasteiger partial charge in [0.25, 0.3) is 10.2 Å². The van der Waals surface area contributed by atoms with Gasteiger partial charge in [0, 0.05) is 25.7 Å². The highest BCUT2D eigenvalue weighted by Gasteiger charge is 2.34. The first kappa shape index (κ1) is 13.9. The Balaban J connectivity index is 2.75. The summed E-state index contributed by atoms with van der Waals surface area (Å²) in [6, 6.07) is -0.0527. The van der Waals surface area contributed by atoms with E-state index in [0.29, 0.717) is 25.6 Å². The van der Waals surface area contributed by atoms with Crippen LogP contribution in [-0.2, 0) is 10.2 Å². The Kier molecular flexibility index (Phi) is 5.17. The lowest BCUT2D eigenvalue weighted by molar-refractivity contribution is 0.190. The molecule has 0 aromatic heterocycles. The lowest BCUT2D eigenvalue weighted by Gasteiger charge is -2.38. The average Bonchev–Trinajstić information content (AvgIpc) is 2.26. The molecule has 1 saturated heterocycles. The van der Waals surface area contributed by atoms with Gasteiger partial charge in [-0.15, -0.1) is 0 Å². The van der Waals surface area contributed by atoms with E-state index in [-0.39, 0.29) is 6.04 Å². The minimum atomic E-state index is -3.34. The monoisotopic (exact) mass is 249 g/mol. The molecule has 0 radical (unpaired) electrons. The maximum atomic E-state index is 12.0. The van der Waals surface area contributed by atoms with Crippen LogP contribution < -0.4 is 10.5 Å². The van der Waals surface area contributed by atoms with Crippen LogP contribution in [0, 0.1) is 5.92 Å². The van der Waals surface area contributed by atoms with Crippen molar-refractivity contribution in [3.8, 4) is 0 Å². The quantitative estimate of drug-likeness (QED) is 0.735. The lowest BCUT2D eigenvalue weighted by atomic mass is 9.93. The van der Waals surface area contributed by atoms with E-state index in [0.717, 1.165) is 19.3 Å². The fourth-order valence-electron chi connectivity index (χ4n) is 2.17. The first-order chi connectivity index (χ1) is 7.53.